The van der Waals surface area contributed by atoms with Crippen LogP contribution in [0, 0.1) is 0 Å². The molecule has 3 rings (SSSR count). The van der Waals surface area contributed by atoms with Gasteiger partial charge in [-0.05, 0) is 18.2 Å². The predicted molar refractivity (Wildman–Crippen MR) is 71.2 cm³/mol. The summed E-state index contributed by atoms with van der Waals surface area (Å²) in [7, 11) is 1.34. The second-order valence-corrected chi connectivity index (χ2v) is 5.20. The molecule has 0 aromatic carbocycles. The van der Waals surface area contributed by atoms with Crippen molar-refractivity contribution < 1.29 is 14.3 Å². The Balaban J connectivity index is 2.19. The number of nitrogens with one attached hydrogen (secondary N) is 1. The maximum atomic E-state index is 11.8. The van der Waals surface area contributed by atoms with Gasteiger partial charge in [0.2, 0.25) is 5.91 Å². The van der Waals surface area contributed by atoms with Crippen LogP contribution in [-0.2, 0) is 16.0 Å². The van der Waals surface area contributed by atoms with Crippen molar-refractivity contribution in [3.63, 3.8) is 0 Å². The molecule has 96 valence electrons. The molecule has 1 aliphatic heterocycles. The summed E-state index contributed by atoms with van der Waals surface area (Å²) < 4.78 is 4.71. The SMILES string of the molecule is COC(=O)c1cc2c(s1)CC(=O)Nc1cccnc1-2. The van der Waals surface area contributed by atoms with Crippen molar-refractivity contribution in [1.82, 2.24) is 4.98 Å². The first-order valence-corrected chi connectivity index (χ1v) is 6.47. The normalized spacial score (nSPS) is 13.0. The van der Waals surface area contributed by atoms with Gasteiger partial charge >= 0.3 is 5.97 Å². The summed E-state index contributed by atoms with van der Waals surface area (Å²) in [4.78, 5) is 29.0. The minimum Gasteiger partial charge on any atom is -0.465 e. The second-order valence-electron chi connectivity index (χ2n) is 4.06. The Morgan fingerprint density at radius 2 is 2.37 bits per heavy atom. The average molecular weight is 274 g/mol. The summed E-state index contributed by atoms with van der Waals surface area (Å²) in [5.41, 5.74) is 2.18. The van der Waals surface area contributed by atoms with Crippen molar-refractivity contribution >= 4 is 28.9 Å². The van der Waals surface area contributed by atoms with E-state index in [1.165, 1.54) is 18.4 Å². The number of ether oxygens (including phenoxy) is 1. The van der Waals surface area contributed by atoms with Crippen LogP contribution in [0.1, 0.15) is 14.5 Å². The van der Waals surface area contributed by atoms with Crippen LogP contribution >= 0.6 is 11.3 Å². The number of thiophene rings is 1. The number of rotatable bonds is 1. The molecule has 0 unspecified atom stereocenters. The monoisotopic (exact) mass is 274 g/mol. The average Bonchev–Trinajstić information content (AvgIpc) is 2.76. The molecule has 0 spiro atoms. The zero-order chi connectivity index (χ0) is 13.4. The Hall–Kier alpha value is -2.21. The maximum Gasteiger partial charge on any atom is 0.348 e. The van der Waals surface area contributed by atoms with Gasteiger partial charge in [0.1, 0.15) is 4.88 Å². The molecule has 1 aliphatic rings. The van der Waals surface area contributed by atoms with Crippen LogP contribution in [0.4, 0.5) is 5.69 Å². The Bertz CT molecular complexity index is 678. The van der Waals surface area contributed by atoms with Gasteiger partial charge in [0.05, 0.1) is 24.9 Å². The molecule has 0 radical (unpaired) electrons. The van der Waals surface area contributed by atoms with E-state index in [1.54, 1.807) is 24.4 Å². The van der Waals surface area contributed by atoms with Crippen molar-refractivity contribution in [3.8, 4) is 11.3 Å². The lowest BCUT2D eigenvalue weighted by molar-refractivity contribution is -0.115. The molecular formula is C13H10N2O3S. The Morgan fingerprint density at radius 3 is 3.16 bits per heavy atom. The van der Waals surface area contributed by atoms with Crippen molar-refractivity contribution in [2.24, 2.45) is 0 Å². The van der Waals surface area contributed by atoms with Crippen LogP contribution in [0.5, 0.6) is 0 Å². The van der Waals surface area contributed by atoms with Gasteiger partial charge < -0.3 is 10.1 Å². The van der Waals surface area contributed by atoms with E-state index in [-0.39, 0.29) is 12.3 Å². The highest BCUT2D eigenvalue weighted by atomic mass is 32.1. The molecule has 0 saturated carbocycles. The highest BCUT2D eigenvalue weighted by molar-refractivity contribution is 7.14. The van der Waals surface area contributed by atoms with Gasteiger partial charge in [-0.25, -0.2) is 4.79 Å². The number of hydrogen-bond acceptors (Lipinski definition) is 5. The van der Waals surface area contributed by atoms with E-state index < -0.39 is 5.97 Å². The molecular weight excluding hydrogens is 264 g/mol. The number of fused-ring (bicyclic) bond motifs is 3. The molecule has 6 heteroatoms. The van der Waals surface area contributed by atoms with Gasteiger partial charge in [0.15, 0.2) is 0 Å². The number of nitrogens with zero attached hydrogens (tertiary/aromatic N) is 1. The Kier molecular flexibility index (Phi) is 2.79. The van der Waals surface area contributed by atoms with Crippen LogP contribution in [0.15, 0.2) is 24.4 Å². The van der Waals surface area contributed by atoms with Crippen LogP contribution in [0.2, 0.25) is 0 Å². The number of carbonyl (C=O) groups is 2. The van der Waals surface area contributed by atoms with E-state index in [0.717, 1.165) is 10.4 Å². The number of hydrogen-bond donors (Lipinski definition) is 1. The van der Waals surface area contributed by atoms with Gasteiger partial charge in [-0.3, -0.25) is 9.78 Å². The van der Waals surface area contributed by atoms with Crippen LogP contribution in [0.3, 0.4) is 0 Å². The lowest BCUT2D eigenvalue weighted by Gasteiger charge is -2.04. The zero-order valence-corrected chi connectivity index (χ0v) is 10.9. The van der Waals surface area contributed by atoms with Gasteiger partial charge in [-0.2, -0.15) is 0 Å². The first kappa shape index (κ1) is 11.9. The molecule has 1 amide bonds. The van der Waals surface area contributed by atoms with Crippen molar-refractivity contribution in [2.75, 3.05) is 12.4 Å². The molecule has 0 atom stereocenters. The molecule has 5 nitrogen and oxygen atoms in total. The molecule has 0 fully saturated rings. The van der Waals surface area contributed by atoms with Crippen LogP contribution in [-0.4, -0.2) is 24.0 Å². The molecule has 19 heavy (non-hydrogen) atoms. The Labute approximate surface area is 113 Å². The summed E-state index contributed by atoms with van der Waals surface area (Å²) in [6, 6.07) is 5.29. The van der Waals surface area contributed by atoms with E-state index in [2.05, 4.69) is 10.3 Å². The molecule has 1 N–H and O–H groups in total. The number of esters is 1. The lowest BCUT2D eigenvalue weighted by atomic mass is 10.1. The number of aromatic nitrogens is 1. The van der Waals surface area contributed by atoms with E-state index in [9.17, 15) is 9.59 Å². The third-order valence-electron chi connectivity index (χ3n) is 2.85. The van der Waals surface area contributed by atoms with E-state index in [0.29, 0.717) is 16.3 Å². The predicted octanol–water partition coefficient (Wildman–Crippen LogP) is 2.09. The smallest absolute Gasteiger partial charge is 0.348 e. The van der Waals surface area contributed by atoms with Crippen molar-refractivity contribution in [1.29, 1.82) is 0 Å². The maximum absolute atomic E-state index is 11.8. The van der Waals surface area contributed by atoms with Crippen LogP contribution < -0.4 is 5.32 Å². The molecule has 0 bridgehead atoms. The summed E-state index contributed by atoms with van der Waals surface area (Å²) in [5, 5.41) is 2.81. The summed E-state index contributed by atoms with van der Waals surface area (Å²) in [5.74, 6) is -0.498. The van der Waals surface area contributed by atoms with Gasteiger partial charge in [0.25, 0.3) is 0 Å². The highest BCUT2D eigenvalue weighted by Crippen LogP contribution is 2.37. The summed E-state index contributed by atoms with van der Waals surface area (Å²) >= 11 is 1.27. The fourth-order valence-corrected chi connectivity index (χ4v) is 3.10. The Morgan fingerprint density at radius 1 is 1.53 bits per heavy atom. The van der Waals surface area contributed by atoms with Gasteiger partial charge in [-0.1, -0.05) is 0 Å². The number of pyridine rings is 1. The number of amides is 1. The van der Waals surface area contributed by atoms with Gasteiger partial charge in [-0.15, -0.1) is 11.3 Å². The quantitative estimate of drug-likeness (QED) is 0.808. The second kappa shape index (κ2) is 4.47. The topological polar surface area (TPSA) is 68.3 Å². The summed E-state index contributed by atoms with van der Waals surface area (Å²) in [6.07, 6.45) is 1.91. The largest absolute Gasteiger partial charge is 0.465 e. The van der Waals surface area contributed by atoms with Gasteiger partial charge in [0, 0.05) is 16.6 Å². The van der Waals surface area contributed by atoms with Crippen LogP contribution in [0.25, 0.3) is 11.3 Å². The third kappa shape index (κ3) is 2.00. The number of methoxy groups -OCH3 is 1. The first-order chi connectivity index (χ1) is 9.19. The number of carbonyl (C=O) groups excluding carboxylic acids is 2. The fourth-order valence-electron chi connectivity index (χ4n) is 2.02. The fraction of sp³-hybridized carbons (Fsp3) is 0.154. The van der Waals surface area contributed by atoms with E-state index >= 15 is 0 Å². The minimum absolute atomic E-state index is 0.105. The highest BCUT2D eigenvalue weighted by Gasteiger charge is 2.24. The molecule has 0 aliphatic carbocycles. The third-order valence-corrected chi connectivity index (χ3v) is 3.97. The number of anilines is 1. The molecule has 0 saturated heterocycles. The van der Waals surface area contributed by atoms with Crippen molar-refractivity contribution in [2.45, 2.75) is 6.42 Å². The minimum atomic E-state index is -0.393. The lowest BCUT2D eigenvalue weighted by Crippen LogP contribution is -2.12. The molecule has 2 aromatic rings. The van der Waals surface area contributed by atoms with E-state index in [4.69, 9.17) is 4.74 Å². The first-order valence-electron chi connectivity index (χ1n) is 5.65. The molecule has 2 aromatic heterocycles. The molecule has 3 heterocycles. The van der Waals surface area contributed by atoms with E-state index in [1.807, 2.05) is 0 Å². The standard InChI is InChI=1S/C13H10N2O3S/c1-18-13(17)10-5-7-9(19-10)6-11(16)15-8-3-2-4-14-12(7)8/h2-5H,6H2,1H3,(H,15,16). The zero-order valence-electron chi connectivity index (χ0n) is 10.1. The summed E-state index contributed by atoms with van der Waals surface area (Å²) in [6.45, 7) is 0. The van der Waals surface area contributed by atoms with Crippen molar-refractivity contribution in [3.05, 3.63) is 34.2 Å².